The average molecular weight is 259 g/mol. The van der Waals surface area contributed by atoms with Gasteiger partial charge in [-0.15, -0.1) is 0 Å². The average Bonchev–Trinajstić information content (AvgIpc) is 2.15. The molecule has 0 aromatic carbocycles. The van der Waals surface area contributed by atoms with E-state index in [0.29, 0.717) is 5.95 Å². The summed E-state index contributed by atoms with van der Waals surface area (Å²) in [5.41, 5.74) is 0. The van der Waals surface area contributed by atoms with Crippen molar-refractivity contribution in [3.8, 4) is 0 Å². The van der Waals surface area contributed by atoms with Crippen molar-refractivity contribution in [3.05, 3.63) is 16.9 Å². The van der Waals surface area contributed by atoms with Gasteiger partial charge in [0.2, 0.25) is 5.95 Å². The number of hydrogen-bond acceptors (Lipinski definition) is 4. The summed E-state index contributed by atoms with van der Waals surface area (Å²) in [6.45, 7) is 1.98. The van der Waals surface area contributed by atoms with Crippen LogP contribution >= 0.6 is 15.9 Å². The Balaban J connectivity index is 2.21. The largest absolute Gasteiger partial charge is 0.354 e. The predicted molar refractivity (Wildman–Crippen MR) is 61.4 cm³/mol. The summed E-state index contributed by atoms with van der Waals surface area (Å²) in [5, 5.41) is 3.16. The molecule has 0 unspecified atom stereocenters. The highest BCUT2D eigenvalue weighted by Gasteiger charge is 1.95. The van der Waals surface area contributed by atoms with Gasteiger partial charge >= 0.3 is 0 Å². The quantitative estimate of drug-likeness (QED) is 0.815. The van der Waals surface area contributed by atoms with E-state index in [2.05, 4.69) is 50.2 Å². The molecule has 0 saturated carbocycles. The Hall–Kier alpha value is -0.680. The maximum absolute atomic E-state index is 4.11. The molecule has 78 valence electrons. The van der Waals surface area contributed by atoms with Crippen molar-refractivity contribution >= 4 is 21.9 Å². The zero-order valence-electron chi connectivity index (χ0n) is 8.50. The van der Waals surface area contributed by atoms with Gasteiger partial charge in [-0.2, -0.15) is 0 Å². The van der Waals surface area contributed by atoms with E-state index in [0.717, 1.165) is 24.0 Å². The van der Waals surface area contributed by atoms with Gasteiger partial charge < -0.3 is 10.2 Å². The molecule has 0 aliphatic rings. The van der Waals surface area contributed by atoms with Crippen molar-refractivity contribution in [2.45, 2.75) is 6.42 Å². The van der Waals surface area contributed by atoms with Crippen molar-refractivity contribution in [3.63, 3.8) is 0 Å². The molecular formula is C9H15BrN4. The summed E-state index contributed by atoms with van der Waals surface area (Å²) in [7, 11) is 4.13. The van der Waals surface area contributed by atoms with Gasteiger partial charge in [-0.25, -0.2) is 9.97 Å². The fourth-order valence-electron chi connectivity index (χ4n) is 0.999. The number of halogens is 1. The van der Waals surface area contributed by atoms with Crippen LogP contribution in [-0.4, -0.2) is 42.1 Å². The van der Waals surface area contributed by atoms with E-state index in [9.17, 15) is 0 Å². The number of nitrogens with one attached hydrogen (secondary N) is 1. The molecule has 14 heavy (non-hydrogen) atoms. The molecule has 1 aromatic rings. The van der Waals surface area contributed by atoms with Gasteiger partial charge in [-0.3, -0.25) is 0 Å². The molecule has 4 nitrogen and oxygen atoms in total. The van der Waals surface area contributed by atoms with Gasteiger partial charge in [-0.05, 0) is 43.0 Å². The first kappa shape index (κ1) is 11.4. The molecule has 1 aromatic heterocycles. The third-order valence-corrected chi connectivity index (χ3v) is 2.10. The zero-order valence-corrected chi connectivity index (χ0v) is 10.1. The van der Waals surface area contributed by atoms with Crippen LogP contribution < -0.4 is 5.32 Å². The monoisotopic (exact) mass is 258 g/mol. The summed E-state index contributed by atoms with van der Waals surface area (Å²) in [6, 6.07) is 0. The van der Waals surface area contributed by atoms with Gasteiger partial charge in [0, 0.05) is 18.9 Å². The van der Waals surface area contributed by atoms with Crippen LogP contribution in [0.4, 0.5) is 5.95 Å². The van der Waals surface area contributed by atoms with Crippen LogP contribution in [-0.2, 0) is 0 Å². The van der Waals surface area contributed by atoms with Crippen LogP contribution in [0.5, 0.6) is 0 Å². The molecule has 0 aliphatic heterocycles. The molecule has 0 saturated heterocycles. The second kappa shape index (κ2) is 5.93. The fourth-order valence-corrected chi connectivity index (χ4v) is 1.20. The number of rotatable bonds is 5. The molecule has 5 heteroatoms. The minimum Gasteiger partial charge on any atom is -0.354 e. The summed E-state index contributed by atoms with van der Waals surface area (Å²) in [5.74, 6) is 0.687. The van der Waals surface area contributed by atoms with E-state index in [1.54, 1.807) is 12.4 Å². The van der Waals surface area contributed by atoms with Crippen LogP contribution in [0.1, 0.15) is 6.42 Å². The molecule has 0 fully saturated rings. The molecule has 0 radical (unpaired) electrons. The van der Waals surface area contributed by atoms with Gasteiger partial charge in [0.05, 0.1) is 4.47 Å². The Morgan fingerprint density at radius 2 is 2.00 bits per heavy atom. The molecule has 1 rings (SSSR count). The Kier molecular flexibility index (Phi) is 4.82. The van der Waals surface area contributed by atoms with Crippen LogP contribution in [0.2, 0.25) is 0 Å². The van der Waals surface area contributed by atoms with Crippen LogP contribution in [0.15, 0.2) is 16.9 Å². The first-order valence-corrected chi connectivity index (χ1v) is 5.34. The molecule has 0 atom stereocenters. The van der Waals surface area contributed by atoms with Crippen molar-refractivity contribution < 1.29 is 0 Å². The van der Waals surface area contributed by atoms with Crippen molar-refractivity contribution in [2.24, 2.45) is 0 Å². The standard InChI is InChI=1S/C9H15BrN4/c1-14(2)5-3-4-11-9-12-6-8(10)7-13-9/h6-7H,3-5H2,1-2H3,(H,11,12,13). The maximum Gasteiger partial charge on any atom is 0.222 e. The summed E-state index contributed by atoms with van der Waals surface area (Å²) in [4.78, 5) is 10.4. The Labute approximate surface area is 92.9 Å². The lowest BCUT2D eigenvalue weighted by molar-refractivity contribution is 0.405. The summed E-state index contributed by atoms with van der Waals surface area (Å²) >= 11 is 3.29. The van der Waals surface area contributed by atoms with E-state index in [1.165, 1.54) is 0 Å². The van der Waals surface area contributed by atoms with Gasteiger partial charge in [0.25, 0.3) is 0 Å². The number of anilines is 1. The number of hydrogen-bond donors (Lipinski definition) is 1. The van der Waals surface area contributed by atoms with Gasteiger partial charge in [0.15, 0.2) is 0 Å². The van der Waals surface area contributed by atoms with E-state index in [1.807, 2.05) is 0 Å². The highest BCUT2D eigenvalue weighted by molar-refractivity contribution is 9.10. The molecule has 1 N–H and O–H groups in total. The third-order valence-electron chi connectivity index (χ3n) is 1.69. The van der Waals surface area contributed by atoms with Crippen molar-refractivity contribution in [2.75, 3.05) is 32.5 Å². The number of aromatic nitrogens is 2. The van der Waals surface area contributed by atoms with E-state index >= 15 is 0 Å². The smallest absolute Gasteiger partial charge is 0.222 e. The predicted octanol–water partition coefficient (Wildman–Crippen LogP) is 1.60. The molecule has 0 amide bonds. The summed E-state index contributed by atoms with van der Waals surface area (Å²) in [6.07, 6.45) is 4.56. The molecular weight excluding hydrogens is 244 g/mol. The molecule has 0 bridgehead atoms. The second-order valence-electron chi connectivity index (χ2n) is 3.31. The van der Waals surface area contributed by atoms with E-state index in [4.69, 9.17) is 0 Å². The van der Waals surface area contributed by atoms with Crippen molar-refractivity contribution in [1.82, 2.24) is 14.9 Å². The topological polar surface area (TPSA) is 41.0 Å². The second-order valence-corrected chi connectivity index (χ2v) is 4.22. The highest BCUT2D eigenvalue weighted by atomic mass is 79.9. The molecule has 0 spiro atoms. The minimum absolute atomic E-state index is 0.687. The molecule has 0 aliphatic carbocycles. The van der Waals surface area contributed by atoms with Crippen molar-refractivity contribution in [1.29, 1.82) is 0 Å². The summed E-state index contributed by atoms with van der Waals surface area (Å²) < 4.78 is 0.899. The fraction of sp³-hybridized carbons (Fsp3) is 0.556. The lowest BCUT2D eigenvalue weighted by Crippen LogP contribution is -2.16. The van der Waals surface area contributed by atoms with E-state index in [-0.39, 0.29) is 0 Å². The van der Waals surface area contributed by atoms with Gasteiger partial charge in [-0.1, -0.05) is 0 Å². The first-order valence-electron chi connectivity index (χ1n) is 4.54. The highest BCUT2D eigenvalue weighted by Crippen LogP contribution is 2.06. The van der Waals surface area contributed by atoms with Crippen LogP contribution in [0, 0.1) is 0 Å². The van der Waals surface area contributed by atoms with Gasteiger partial charge in [0.1, 0.15) is 0 Å². The zero-order chi connectivity index (χ0) is 10.4. The van der Waals surface area contributed by atoms with Crippen LogP contribution in [0.25, 0.3) is 0 Å². The lowest BCUT2D eigenvalue weighted by Gasteiger charge is -2.09. The number of nitrogens with zero attached hydrogens (tertiary/aromatic N) is 3. The maximum atomic E-state index is 4.11. The van der Waals surface area contributed by atoms with E-state index < -0.39 is 0 Å². The normalized spacial score (nSPS) is 10.6. The Morgan fingerprint density at radius 1 is 1.36 bits per heavy atom. The minimum atomic E-state index is 0.687. The lowest BCUT2D eigenvalue weighted by atomic mass is 10.4. The molecule has 1 heterocycles. The third kappa shape index (κ3) is 4.53. The first-order chi connectivity index (χ1) is 6.68. The SMILES string of the molecule is CN(C)CCCNc1ncc(Br)cn1. The Bertz CT molecular complexity index is 260. The Morgan fingerprint density at radius 3 is 2.57 bits per heavy atom. The van der Waals surface area contributed by atoms with Crippen LogP contribution in [0.3, 0.4) is 0 Å².